The Morgan fingerprint density at radius 2 is 2.16 bits per heavy atom. The lowest BCUT2D eigenvalue weighted by molar-refractivity contribution is 0.336. The number of aromatic nitrogens is 2. The van der Waals surface area contributed by atoms with Gasteiger partial charge in [0.1, 0.15) is 11.4 Å². The summed E-state index contributed by atoms with van der Waals surface area (Å²) in [5, 5.41) is 7.28. The number of benzene rings is 1. The molecule has 0 saturated carbocycles. The second-order valence-corrected chi connectivity index (χ2v) is 4.49. The van der Waals surface area contributed by atoms with E-state index in [-0.39, 0.29) is 0 Å². The molecule has 102 valence electrons. The minimum absolute atomic E-state index is 0.651. The van der Waals surface area contributed by atoms with Crippen LogP contribution in [0, 0.1) is 0 Å². The number of para-hydroxylation sites is 1. The predicted molar refractivity (Wildman–Crippen MR) is 76.0 cm³/mol. The molecule has 0 unspecified atom stereocenters. The van der Waals surface area contributed by atoms with Gasteiger partial charge in [-0.2, -0.15) is 5.10 Å². The Morgan fingerprint density at radius 3 is 2.89 bits per heavy atom. The quantitative estimate of drug-likeness (QED) is 0.825. The van der Waals surface area contributed by atoms with E-state index in [4.69, 9.17) is 10.5 Å². The topological polar surface area (TPSA) is 67.2 Å². The molecule has 2 rings (SSSR count). The molecule has 0 fully saturated rings. The van der Waals surface area contributed by atoms with E-state index in [1.54, 1.807) is 7.11 Å². The summed E-state index contributed by atoms with van der Waals surface area (Å²) in [5.41, 5.74) is 8.64. The molecule has 5 heteroatoms. The number of ether oxygens (including phenoxy) is 1. The Balaban J connectivity index is 2.28. The minimum atomic E-state index is 0.651. The molecule has 0 spiro atoms. The first-order chi connectivity index (χ1) is 9.26. The van der Waals surface area contributed by atoms with E-state index in [1.807, 2.05) is 37.5 Å². The molecule has 0 amide bonds. The number of H-pyrrole nitrogens is 1. The van der Waals surface area contributed by atoms with E-state index < -0.39 is 0 Å². The highest BCUT2D eigenvalue weighted by molar-refractivity contribution is 5.69. The zero-order valence-corrected chi connectivity index (χ0v) is 11.4. The molecule has 0 aliphatic heterocycles. The van der Waals surface area contributed by atoms with E-state index in [0.29, 0.717) is 6.54 Å². The monoisotopic (exact) mass is 260 g/mol. The van der Waals surface area contributed by atoms with Gasteiger partial charge in [0.05, 0.1) is 7.11 Å². The molecule has 0 aliphatic carbocycles. The number of nitrogens with two attached hydrogens (primary N) is 1. The van der Waals surface area contributed by atoms with Crippen molar-refractivity contribution in [1.29, 1.82) is 0 Å². The number of aromatic amines is 1. The Labute approximate surface area is 113 Å². The van der Waals surface area contributed by atoms with Crippen LogP contribution in [-0.4, -0.2) is 42.3 Å². The summed E-state index contributed by atoms with van der Waals surface area (Å²) in [6, 6.07) is 7.90. The molecule has 0 bridgehead atoms. The SMILES string of the molecule is COc1ccccc1-c1n[nH]cc1CN(C)CCN. The average molecular weight is 260 g/mol. The van der Waals surface area contributed by atoms with E-state index in [1.165, 1.54) is 0 Å². The van der Waals surface area contributed by atoms with Gasteiger partial charge in [-0.1, -0.05) is 12.1 Å². The Kier molecular flexibility index (Phi) is 4.54. The second-order valence-electron chi connectivity index (χ2n) is 4.49. The molecular formula is C14H20N4O. The third kappa shape index (κ3) is 3.13. The van der Waals surface area contributed by atoms with Crippen molar-refractivity contribution in [3.8, 4) is 17.0 Å². The summed E-state index contributed by atoms with van der Waals surface area (Å²) in [7, 11) is 3.72. The number of hydrogen-bond acceptors (Lipinski definition) is 4. The van der Waals surface area contributed by atoms with Crippen LogP contribution in [0.15, 0.2) is 30.5 Å². The van der Waals surface area contributed by atoms with Crippen molar-refractivity contribution in [2.24, 2.45) is 5.73 Å². The molecule has 3 N–H and O–H groups in total. The Hall–Kier alpha value is -1.85. The molecular weight excluding hydrogens is 240 g/mol. The molecule has 2 aromatic rings. The number of nitrogens with one attached hydrogen (secondary N) is 1. The lowest BCUT2D eigenvalue weighted by atomic mass is 10.1. The largest absolute Gasteiger partial charge is 0.496 e. The van der Waals surface area contributed by atoms with E-state index in [9.17, 15) is 0 Å². The van der Waals surface area contributed by atoms with Crippen LogP contribution in [0.5, 0.6) is 5.75 Å². The lowest BCUT2D eigenvalue weighted by Gasteiger charge is -2.15. The highest BCUT2D eigenvalue weighted by Crippen LogP contribution is 2.30. The summed E-state index contributed by atoms with van der Waals surface area (Å²) in [6.45, 7) is 2.32. The van der Waals surface area contributed by atoms with Crippen molar-refractivity contribution in [3.63, 3.8) is 0 Å². The number of methoxy groups -OCH3 is 1. The van der Waals surface area contributed by atoms with Gasteiger partial charge in [0, 0.05) is 37.0 Å². The smallest absolute Gasteiger partial charge is 0.128 e. The zero-order valence-electron chi connectivity index (χ0n) is 11.4. The molecule has 1 heterocycles. The summed E-state index contributed by atoms with van der Waals surface area (Å²) >= 11 is 0. The average Bonchev–Trinajstić information content (AvgIpc) is 2.86. The fraction of sp³-hybridized carbons (Fsp3) is 0.357. The first-order valence-electron chi connectivity index (χ1n) is 6.31. The molecule has 5 nitrogen and oxygen atoms in total. The van der Waals surface area contributed by atoms with Crippen LogP contribution in [0.25, 0.3) is 11.3 Å². The van der Waals surface area contributed by atoms with E-state index in [0.717, 1.165) is 35.7 Å². The predicted octanol–water partition coefficient (Wildman–Crippen LogP) is 1.48. The van der Waals surface area contributed by atoms with Gasteiger partial charge in [-0.3, -0.25) is 5.10 Å². The maximum Gasteiger partial charge on any atom is 0.128 e. The normalized spacial score (nSPS) is 10.9. The molecule has 0 saturated heterocycles. The summed E-state index contributed by atoms with van der Waals surface area (Å²) in [6.07, 6.45) is 1.93. The van der Waals surface area contributed by atoms with Crippen LogP contribution in [0.4, 0.5) is 0 Å². The van der Waals surface area contributed by atoms with Crippen LogP contribution >= 0.6 is 0 Å². The van der Waals surface area contributed by atoms with Crippen molar-refractivity contribution in [1.82, 2.24) is 15.1 Å². The highest BCUT2D eigenvalue weighted by atomic mass is 16.5. The standard InChI is InChI=1S/C14H20N4O/c1-18(8-7-15)10-11-9-16-17-14(11)12-5-3-4-6-13(12)19-2/h3-6,9H,7-8,10,15H2,1-2H3,(H,16,17). The van der Waals surface area contributed by atoms with Crippen molar-refractivity contribution in [2.75, 3.05) is 27.2 Å². The number of likely N-dealkylation sites (N-methyl/N-ethyl adjacent to an activating group) is 1. The van der Waals surface area contributed by atoms with Crippen molar-refractivity contribution in [2.45, 2.75) is 6.54 Å². The maximum atomic E-state index is 5.57. The van der Waals surface area contributed by atoms with Crippen LogP contribution in [-0.2, 0) is 6.54 Å². The van der Waals surface area contributed by atoms with Crippen molar-refractivity contribution >= 4 is 0 Å². The summed E-state index contributed by atoms with van der Waals surface area (Å²) in [5.74, 6) is 0.831. The van der Waals surface area contributed by atoms with Gasteiger partial charge in [-0.05, 0) is 19.2 Å². The van der Waals surface area contributed by atoms with Gasteiger partial charge >= 0.3 is 0 Å². The van der Waals surface area contributed by atoms with E-state index >= 15 is 0 Å². The van der Waals surface area contributed by atoms with Gasteiger partial charge in [0.15, 0.2) is 0 Å². The van der Waals surface area contributed by atoms with Crippen molar-refractivity contribution in [3.05, 3.63) is 36.0 Å². The van der Waals surface area contributed by atoms with Crippen molar-refractivity contribution < 1.29 is 4.74 Å². The van der Waals surface area contributed by atoms with Gasteiger partial charge in [0.25, 0.3) is 0 Å². The van der Waals surface area contributed by atoms with E-state index in [2.05, 4.69) is 15.1 Å². The molecule has 1 aromatic carbocycles. The Morgan fingerprint density at radius 1 is 1.37 bits per heavy atom. The number of nitrogens with zero attached hydrogens (tertiary/aromatic N) is 2. The third-order valence-electron chi connectivity index (χ3n) is 3.03. The molecule has 0 aliphatic rings. The van der Waals surface area contributed by atoms with Crippen LogP contribution in [0.1, 0.15) is 5.56 Å². The first kappa shape index (κ1) is 13.6. The fourth-order valence-electron chi connectivity index (χ4n) is 2.10. The molecule has 1 aromatic heterocycles. The molecule has 0 atom stereocenters. The summed E-state index contributed by atoms with van der Waals surface area (Å²) < 4.78 is 5.39. The molecule has 0 radical (unpaired) electrons. The minimum Gasteiger partial charge on any atom is -0.496 e. The first-order valence-corrected chi connectivity index (χ1v) is 6.31. The second kappa shape index (κ2) is 6.36. The van der Waals surface area contributed by atoms with Crippen LogP contribution < -0.4 is 10.5 Å². The summed E-state index contributed by atoms with van der Waals surface area (Å²) in [4.78, 5) is 2.17. The lowest BCUT2D eigenvalue weighted by Crippen LogP contribution is -2.25. The number of rotatable bonds is 6. The number of hydrogen-bond donors (Lipinski definition) is 2. The van der Waals surface area contributed by atoms with Gasteiger partial charge in [0.2, 0.25) is 0 Å². The van der Waals surface area contributed by atoms with Crippen LogP contribution in [0.2, 0.25) is 0 Å². The van der Waals surface area contributed by atoms with Gasteiger partial charge in [-0.15, -0.1) is 0 Å². The highest BCUT2D eigenvalue weighted by Gasteiger charge is 2.13. The van der Waals surface area contributed by atoms with Gasteiger partial charge < -0.3 is 15.4 Å². The molecule has 19 heavy (non-hydrogen) atoms. The zero-order chi connectivity index (χ0) is 13.7. The van der Waals surface area contributed by atoms with Gasteiger partial charge in [-0.25, -0.2) is 0 Å². The maximum absolute atomic E-state index is 5.57. The van der Waals surface area contributed by atoms with Crippen LogP contribution in [0.3, 0.4) is 0 Å². The third-order valence-corrected chi connectivity index (χ3v) is 3.03. The Bertz CT molecular complexity index is 524. The fourth-order valence-corrected chi connectivity index (χ4v) is 2.10.